The molecule has 1 N–H and O–H groups in total. The van der Waals surface area contributed by atoms with Gasteiger partial charge in [-0.25, -0.2) is 0 Å². The monoisotopic (exact) mass is 273 g/mol. The van der Waals surface area contributed by atoms with E-state index in [9.17, 15) is 0 Å². The smallest absolute Gasteiger partial charge is 0.00833 e. The van der Waals surface area contributed by atoms with Crippen LogP contribution in [0.3, 0.4) is 0 Å². The maximum Gasteiger partial charge on any atom is 0.00833 e. The van der Waals surface area contributed by atoms with Crippen LogP contribution < -0.4 is 5.32 Å². The lowest BCUT2D eigenvalue weighted by Gasteiger charge is -2.50. The fourth-order valence-corrected chi connectivity index (χ4v) is 3.47. The molecule has 1 aromatic rings. The molecule has 1 heteroatoms. The third-order valence-corrected chi connectivity index (χ3v) is 4.90. The molecule has 1 aliphatic rings. The fraction of sp³-hybridized carbons (Fsp3) is 0.684. The maximum atomic E-state index is 3.71. The fourth-order valence-electron chi connectivity index (χ4n) is 3.47. The predicted molar refractivity (Wildman–Crippen MR) is 88.1 cm³/mol. The molecule has 20 heavy (non-hydrogen) atoms. The highest BCUT2D eigenvalue weighted by Gasteiger charge is 2.45. The van der Waals surface area contributed by atoms with E-state index < -0.39 is 0 Å². The molecule has 0 spiro atoms. The molecule has 1 fully saturated rings. The van der Waals surface area contributed by atoms with E-state index in [0.717, 1.165) is 30.8 Å². The molecule has 0 aromatic heterocycles. The van der Waals surface area contributed by atoms with E-state index in [1.165, 1.54) is 18.4 Å². The Labute approximate surface area is 125 Å². The summed E-state index contributed by atoms with van der Waals surface area (Å²) in [6, 6.07) is 9.16. The van der Waals surface area contributed by atoms with E-state index in [1.54, 1.807) is 5.56 Å². The SMILES string of the molecule is Cc1cccc(C2(CNCC(C)C)CC(C(C)C)C2)c1. The minimum atomic E-state index is 0.385. The first-order valence-electron chi connectivity index (χ1n) is 8.21. The maximum absolute atomic E-state index is 3.71. The lowest BCUT2D eigenvalue weighted by atomic mass is 9.55. The number of hydrogen-bond donors (Lipinski definition) is 1. The molecule has 0 atom stereocenters. The number of nitrogens with one attached hydrogen (secondary N) is 1. The Hall–Kier alpha value is -0.820. The average molecular weight is 273 g/mol. The van der Waals surface area contributed by atoms with Crippen molar-refractivity contribution < 1.29 is 0 Å². The van der Waals surface area contributed by atoms with Gasteiger partial charge in [0.05, 0.1) is 0 Å². The molecule has 2 rings (SSSR count). The van der Waals surface area contributed by atoms with E-state index in [-0.39, 0.29) is 0 Å². The largest absolute Gasteiger partial charge is 0.316 e. The Bertz CT molecular complexity index is 427. The molecule has 1 nitrogen and oxygen atoms in total. The number of hydrogen-bond acceptors (Lipinski definition) is 1. The lowest BCUT2D eigenvalue weighted by molar-refractivity contribution is 0.0970. The predicted octanol–water partition coefficient (Wildman–Crippen LogP) is 4.54. The van der Waals surface area contributed by atoms with E-state index in [1.807, 2.05) is 0 Å². The van der Waals surface area contributed by atoms with Gasteiger partial charge in [0.25, 0.3) is 0 Å². The van der Waals surface area contributed by atoms with Crippen molar-refractivity contribution in [2.24, 2.45) is 17.8 Å². The lowest BCUT2D eigenvalue weighted by Crippen LogP contribution is -2.50. The van der Waals surface area contributed by atoms with Crippen LogP contribution in [0.25, 0.3) is 0 Å². The Balaban J connectivity index is 2.10. The molecule has 0 unspecified atom stereocenters. The summed E-state index contributed by atoms with van der Waals surface area (Å²) in [7, 11) is 0. The van der Waals surface area contributed by atoms with E-state index in [4.69, 9.17) is 0 Å². The third-order valence-electron chi connectivity index (χ3n) is 4.90. The third kappa shape index (κ3) is 3.44. The number of aryl methyl sites for hydroxylation is 1. The molecule has 0 bridgehead atoms. The summed E-state index contributed by atoms with van der Waals surface area (Å²) in [5.74, 6) is 2.44. The summed E-state index contributed by atoms with van der Waals surface area (Å²) in [6.07, 6.45) is 2.69. The van der Waals surface area contributed by atoms with Gasteiger partial charge in [-0.3, -0.25) is 0 Å². The highest BCUT2D eigenvalue weighted by molar-refractivity contribution is 5.33. The van der Waals surface area contributed by atoms with E-state index >= 15 is 0 Å². The number of benzene rings is 1. The van der Waals surface area contributed by atoms with E-state index in [0.29, 0.717) is 5.41 Å². The van der Waals surface area contributed by atoms with Crippen LogP contribution in [0.2, 0.25) is 0 Å². The molecule has 1 aromatic carbocycles. The van der Waals surface area contributed by atoms with Crippen LogP contribution in [-0.4, -0.2) is 13.1 Å². The summed E-state index contributed by atoms with van der Waals surface area (Å²) >= 11 is 0. The normalized spacial score (nSPS) is 26.1. The zero-order valence-corrected chi connectivity index (χ0v) is 13.9. The molecule has 112 valence electrons. The van der Waals surface area contributed by atoms with Gasteiger partial charge in [-0.1, -0.05) is 57.5 Å². The molecule has 1 aliphatic carbocycles. The summed E-state index contributed by atoms with van der Waals surface area (Å²) in [5, 5.41) is 3.71. The molecular weight excluding hydrogens is 242 g/mol. The van der Waals surface area contributed by atoms with Gasteiger partial charge in [-0.15, -0.1) is 0 Å². The molecule has 0 heterocycles. The van der Waals surface area contributed by atoms with Gasteiger partial charge < -0.3 is 5.32 Å². The zero-order chi connectivity index (χ0) is 14.8. The van der Waals surface area contributed by atoms with Gasteiger partial charge >= 0.3 is 0 Å². The Morgan fingerprint density at radius 1 is 1.20 bits per heavy atom. The summed E-state index contributed by atoms with van der Waals surface area (Å²) in [6.45, 7) is 13.8. The number of rotatable bonds is 6. The summed E-state index contributed by atoms with van der Waals surface area (Å²) in [5.41, 5.74) is 3.32. The van der Waals surface area contributed by atoms with Gasteiger partial charge in [0.2, 0.25) is 0 Å². The van der Waals surface area contributed by atoms with E-state index in [2.05, 4.69) is 64.2 Å². The standard InChI is InChI=1S/C19H31N/c1-14(2)12-20-13-19(10-17(11-19)15(3)4)18-8-6-7-16(5)9-18/h6-9,14-15,17,20H,10-13H2,1-5H3. The minimum Gasteiger partial charge on any atom is -0.316 e. The molecule has 0 saturated heterocycles. The second-order valence-electron chi connectivity index (χ2n) is 7.59. The van der Waals surface area contributed by atoms with Crippen molar-refractivity contribution in [3.05, 3.63) is 35.4 Å². The Kier molecular flexibility index (Phi) is 4.90. The first-order valence-corrected chi connectivity index (χ1v) is 8.21. The van der Waals surface area contributed by atoms with Gasteiger partial charge in [-0.05, 0) is 49.6 Å². The van der Waals surface area contributed by atoms with Gasteiger partial charge in [-0.2, -0.15) is 0 Å². The molecule has 0 radical (unpaired) electrons. The quantitative estimate of drug-likeness (QED) is 0.802. The zero-order valence-electron chi connectivity index (χ0n) is 13.9. The first kappa shape index (κ1) is 15.6. The average Bonchev–Trinajstić information content (AvgIpc) is 2.31. The first-order chi connectivity index (χ1) is 9.43. The van der Waals surface area contributed by atoms with Crippen molar-refractivity contribution >= 4 is 0 Å². The van der Waals surface area contributed by atoms with Crippen LogP contribution in [0.5, 0.6) is 0 Å². The summed E-state index contributed by atoms with van der Waals surface area (Å²) in [4.78, 5) is 0. The summed E-state index contributed by atoms with van der Waals surface area (Å²) < 4.78 is 0. The van der Waals surface area contributed by atoms with Crippen molar-refractivity contribution in [3.63, 3.8) is 0 Å². The van der Waals surface area contributed by atoms with Crippen molar-refractivity contribution in [2.45, 2.75) is 52.9 Å². The van der Waals surface area contributed by atoms with Crippen LogP contribution >= 0.6 is 0 Å². The molecule has 1 saturated carbocycles. The van der Waals surface area contributed by atoms with Crippen molar-refractivity contribution in [1.82, 2.24) is 5.32 Å². The van der Waals surface area contributed by atoms with Crippen molar-refractivity contribution in [2.75, 3.05) is 13.1 Å². The van der Waals surface area contributed by atoms with Gasteiger partial charge in [0.15, 0.2) is 0 Å². The van der Waals surface area contributed by atoms with Crippen LogP contribution in [0, 0.1) is 24.7 Å². The van der Waals surface area contributed by atoms with Crippen molar-refractivity contribution in [1.29, 1.82) is 0 Å². The highest BCUT2D eigenvalue weighted by Crippen LogP contribution is 2.50. The Morgan fingerprint density at radius 3 is 2.45 bits per heavy atom. The van der Waals surface area contributed by atoms with Crippen molar-refractivity contribution in [3.8, 4) is 0 Å². The Morgan fingerprint density at radius 2 is 1.90 bits per heavy atom. The van der Waals surface area contributed by atoms with Crippen LogP contribution in [0.4, 0.5) is 0 Å². The topological polar surface area (TPSA) is 12.0 Å². The van der Waals surface area contributed by atoms with Crippen LogP contribution in [-0.2, 0) is 5.41 Å². The van der Waals surface area contributed by atoms with Gasteiger partial charge in [0, 0.05) is 12.0 Å². The van der Waals surface area contributed by atoms with Gasteiger partial charge in [0.1, 0.15) is 0 Å². The second kappa shape index (κ2) is 6.30. The second-order valence-corrected chi connectivity index (χ2v) is 7.59. The van der Waals surface area contributed by atoms with Crippen LogP contribution in [0.1, 0.15) is 51.7 Å². The molecule has 0 amide bonds. The minimum absolute atomic E-state index is 0.385. The molecule has 0 aliphatic heterocycles. The highest BCUT2D eigenvalue weighted by atomic mass is 14.9. The van der Waals surface area contributed by atoms with Crippen LogP contribution in [0.15, 0.2) is 24.3 Å². The molecular formula is C19H31N.